The van der Waals surface area contributed by atoms with Crippen LogP contribution in [-0.4, -0.2) is 63.5 Å². The lowest BCUT2D eigenvalue weighted by molar-refractivity contribution is -0.153. The third-order valence-electron chi connectivity index (χ3n) is 6.62. The highest BCUT2D eigenvalue weighted by molar-refractivity contribution is 7.19. The molecule has 0 atom stereocenters. The van der Waals surface area contributed by atoms with E-state index in [0.717, 1.165) is 30.8 Å². The molecule has 1 aromatic carbocycles. The summed E-state index contributed by atoms with van der Waals surface area (Å²) in [6.07, 6.45) is -2.84. The number of likely N-dealkylation sites (tertiary alicyclic amines) is 1. The normalized spacial score (nSPS) is 15.4. The highest BCUT2D eigenvalue weighted by Gasteiger charge is 2.29. The second kappa shape index (κ2) is 11.2. The zero-order valence-corrected chi connectivity index (χ0v) is 22.9. The van der Waals surface area contributed by atoms with Gasteiger partial charge in [-0.2, -0.15) is 13.2 Å². The van der Waals surface area contributed by atoms with Crippen LogP contribution in [0.4, 0.5) is 13.2 Å². The summed E-state index contributed by atoms with van der Waals surface area (Å²) in [6, 6.07) is 10.2. The van der Waals surface area contributed by atoms with E-state index in [-0.39, 0.29) is 30.1 Å². The fourth-order valence-electron chi connectivity index (χ4n) is 4.62. The number of aromatic nitrogens is 3. The minimum absolute atomic E-state index is 0.00586. The average Bonchev–Trinajstić information content (AvgIpc) is 3.61. The molecule has 5 rings (SSSR count). The van der Waals surface area contributed by atoms with Crippen LogP contribution in [0.2, 0.25) is 4.34 Å². The van der Waals surface area contributed by atoms with Gasteiger partial charge in [0.05, 0.1) is 26.8 Å². The number of carbonyl (C=O) groups excluding carboxylic acids is 1. The summed E-state index contributed by atoms with van der Waals surface area (Å²) < 4.78 is 50.7. The highest BCUT2D eigenvalue weighted by Crippen LogP contribution is 2.32. The average molecular weight is 582 g/mol. The van der Waals surface area contributed by atoms with Crippen LogP contribution in [0.15, 0.2) is 40.9 Å². The second-order valence-corrected chi connectivity index (χ2v) is 11.5. The molecule has 1 amide bonds. The van der Waals surface area contributed by atoms with Gasteiger partial charge in [-0.05, 0) is 51.0 Å². The van der Waals surface area contributed by atoms with Gasteiger partial charge in [0.15, 0.2) is 18.2 Å². The van der Waals surface area contributed by atoms with Gasteiger partial charge in [-0.3, -0.25) is 4.79 Å². The predicted octanol–water partition coefficient (Wildman–Crippen LogP) is 6.00. The van der Waals surface area contributed by atoms with Crippen molar-refractivity contribution in [3.05, 3.63) is 52.3 Å². The Labute approximate surface area is 231 Å². The van der Waals surface area contributed by atoms with Gasteiger partial charge in [-0.15, -0.1) is 11.3 Å². The lowest BCUT2D eigenvalue weighted by Crippen LogP contribution is -2.47. The molecule has 1 aliphatic heterocycles. The van der Waals surface area contributed by atoms with Crippen molar-refractivity contribution >= 4 is 39.9 Å². The lowest BCUT2D eigenvalue weighted by atomic mass is 10.0. The Kier molecular flexibility index (Phi) is 7.88. The summed E-state index contributed by atoms with van der Waals surface area (Å²) in [4.78, 5) is 21.1. The summed E-state index contributed by atoms with van der Waals surface area (Å²) in [6.45, 7) is 4.81. The summed E-state index contributed by atoms with van der Waals surface area (Å²) in [7, 11) is 0. The van der Waals surface area contributed by atoms with Gasteiger partial charge in [0.25, 0.3) is 5.91 Å². The molecule has 0 spiro atoms. The zero-order valence-electron chi connectivity index (χ0n) is 21.3. The van der Waals surface area contributed by atoms with Crippen LogP contribution < -0.4 is 10.1 Å². The maximum absolute atomic E-state index is 13.4. The Morgan fingerprint density at radius 1 is 1.23 bits per heavy atom. The molecule has 8 nitrogen and oxygen atoms in total. The minimum Gasteiger partial charge on any atom is -0.484 e. The number of halogens is 4. The van der Waals surface area contributed by atoms with Gasteiger partial charge >= 0.3 is 6.18 Å². The van der Waals surface area contributed by atoms with Crippen LogP contribution in [-0.2, 0) is 6.54 Å². The van der Waals surface area contributed by atoms with E-state index in [2.05, 4.69) is 34.2 Å². The third kappa shape index (κ3) is 6.56. The number of alkyl halides is 3. The molecule has 0 aliphatic carbocycles. The number of nitrogens with one attached hydrogen (secondary N) is 1. The molecule has 1 N–H and O–H groups in total. The standard InChI is InChI=1S/C26H27ClF3N5O3S/c1-15(2)34-9-7-16(8-10-34)31-25(36)24-32-19-12-18(37-14-26(28,29)30)3-4-20(19)35(24)13-17-11-21(38-33-17)22-5-6-23(27)39-22/h3-6,11-12,15-16H,7-10,13-14H2,1-2H3,(H,31,36). The molecule has 1 aliphatic rings. The van der Waals surface area contributed by atoms with E-state index in [4.69, 9.17) is 20.9 Å². The van der Waals surface area contributed by atoms with Crippen molar-refractivity contribution in [2.24, 2.45) is 0 Å². The van der Waals surface area contributed by atoms with Crippen molar-refractivity contribution in [2.45, 2.75) is 51.5 Å². The zero-order chi connectivity index (χ0) is 27.7. The fraction of sp³-hybridized carbons (Fsp3) is 0.423. The molecular weight excluding hydrogens is 555 g/mol. The fourth-order valence-corrected chi connectivity index (χ4v) is 5.61. The molecule has 208 valence electrons. The number of rotatable bonds is 8. The van der Waals surface area contributed by atoms with Gasteiger partial charge < -0.3 is 24.0 Å². The first-order chi connectivity index (χ1) is 18.6. The number of fused-ring (bicyclic) bond motifs is 1. The topological polar surface area (TPSA) is 85.4 Å². The van der Waals surface area contributed by atoms with Crippen LogP contribution in [0.3, 0.4) is 0 Å². The van der Waals surface area contributed by atoms with Crippen molar-refractivity contribution in [1.82, 2.24) is 24.9 Å². The van der Waals surface area contributed by atoms with E-state index in [1.165, 1.54) is 23.5 Å². The smallest absolute Gasteiger partial charge is 0.422 e. The molecule has 3 aromatic heterocycles. The first kappa shape index (κ1) is 27.5. The molecule has 39 heavy (non-hydrogen) atoms. The number of hydrogen-bond donors (Lipinski definition) is 1. The minimum atomic E-state index is -4.47. The first-order valence-electron chi connectivity index (χ1n) is 12.5. The number of hydrogen-bond acceptors (Lipinski definition) is 7. The van der Waals surface area contributed by atoms with Crippen LogP contribution >= 0.6 is 22.9 Å². The van der Waals surface area contributed by atoms with Gasteiger partial charge in [0.1, 0.15) is 11.4 Å². The number of carbonyl (C=O) groups is 1. The lowest BCUT2D eigenvalue weighted by Gasteiger charge is -2.34. The number of nitrogens with zero attached hydrogens (tertiary/aromatic N) is 4. The molecule has 13 heteroatoms. The Bertz CT molecular complexity index is 1460. The van der Waals surface area contributed by atoms with E-state index in [1.807, 2.05) is 6.07 Å². The molecule has 1 fully saturated rings. The van der Waals surface area contributed by atoms with Gasteiger partial charge in [-0.1, -0.05) is 16.8 Å². The molecule has 0 unspecified atom stereocenters. The Balaban J connectivity index is 1.42. The maximum Gasteiger partial charge on any atom is 0.422 e. The Morgan fingerprint density at radius 3 is 2.67 bits per heavy atom. The van der Waals surface area contributed by atoms with Crippen LogP contribution in [0, 0.1) is 0 Å². The van der Waals surface area contributed by atoms with Gasteiger partial charge in [0.2, 0.25) is 0 Å². The third-order valence-corrected chi connectivity index (χ3v) is 7.86. The predicted molar refractivity (Wildman–Crippen MR) is 142 cm³/mol. The highest BCUT2D eigenvalue weighted by atomic mass is 35.5. The van der Waals surface area contributed by atoms with Crippen molar-refractivity contribution in [3.63, 3.8) is 0 Å². The van der Waals surface area contributed by atoms with Crippen LogP contribution in [0.5, 0.6) is 5.75 Å². The van der Waals surface area contributed by atoms with E-state index < -0.39 is 12.8 Å². The van der Waals surface area contributed by atoms with E-state index >= 15 is 0 Å². The quantitative estimate of drug-likeness (QED) is 0.275. The monoisotopic (exact) mass is 581 g/mol. The van der Waals surface area contributed by atoms with Gasteiger partial charge in [-0.25, -0.2) is 4.98 Å². The molecule has 0 saturated carbocycles. The number of piperidine rings is 1. The molecular formula is C26H27ClF3N5O3S. The number of benzene rings is 1. The van der Waals surface area contributed by atoms with E-state index in [1.54, 1.807) is 22.8 Å². The number of amides is 1. The number of imidazole rings is 1. The summed E-state index contributed by atoms with van der Waals surface area (Å²) in [5.74, 6) is 0.321. The van der Waals surface area contributed by atoms with Crippen LogP contribution in [0.1, 0.15) is 43.0 Å². The van der Waals surface area contributed by atoms with Crippen LogP contribution in [0.25, 0.3) is 21.7 Å². The summed E-state index contributed by atoms with van der Waals surface area (Å²) in [5.41, 5.74) is 1.44. The Hall–Kier alpha value is -3.09. The number of ether oxygens (including phenoxy) is 1. The Morgan fingerprint density at radius 2 is 2.00 bits per heavy atom. The van der Waals surface area contributed by atoms with Gasteiger partial charge in [0, 0.05) is 37.3 Å². The molecule has 0 radical (unpaired) electrons. The van der Waals surface area contributed by atoms with Crippen molar-refractivity contribution < 1.29 is 27.2 Å². The summed E-state index contributed by atoms with van der Waals surface area (Å²) >= 11 is 7.39. The molecule has 0 bridgehead atoms. The number of thiophene rings is 1. The first-order valence-corrected chi connectivity index (χ1v) is 13.7. The largest absolute Gasteiger partial charge is 0.484 e. The molecule has 4 aromatic rings. The van der Waals surface area contributed by atoms with E-state index in [0.29, 0.717) is 32.9 Å². The van der Waals surface area contributed by atoms with Crippen molar-refractivity contribution in [2.75, 3.05) is 19.7 Å². The second-order valence-electron chi connectivity index (χ2n) is 9.74. The molecule has 4 heterocycles. The molecule has 1 saturated heterocycles. The van der Waals surface area contributed by atoms with Crippen molar-refractivity contribution in [3.8, 4) is 16.4 Å². The van der Waals surface area contributed by atoms with Crippen molar-refractivity contribution in [1.29, 1.82) is 0 Å². The van der Waals surface area contributed by atoms with E-state index in [9.17, 15) is 18.0 Å². The summed E-state index contributed by atoms with van der Waals surface area (Å²) in [5, 5.41) is 7.24. The maximum atomic E-state index is 13.4. The SMILES string of the molecule is CC(C)N1CCC(NC(=O)c2nc3cc(OCC(F)(F)F)ccc3n2Cc2cc(-c3ccc(Cl)s3)on2)CC1.